The SMILES string of the molecule is CC(C)(C)C(=O)N(C(=O)C(C)(C)C)c1cc2cc-2c1.OBO. The van der Waals surface area contributed by atoms with Gasteiger partial charge in [0.15, 0.2) is 0 Å². The maximum Gasteiger partial charge on any atom is 0.432 e. The van der Waals surface area contributed by atoms with E-state index in [-0.39, 0.29) is 11.8 Å². The molecule has 0 atom stereocenters. The molecule has 2 aliphatic carbocycles. The van der Waals surface area contributed by atoms with Crippen LogP contribution in [0.25, 0.3) is 11.1 Å². The van der Waals surface area contributed by atoms with Crippen LogP contribution in [0.3, 0.4) is 0 Å². The van der Waals surface area contributed by atoms with Crippen molar-refractivity contribution in [2.45, 2.75) is 41.5 Å². The lowest BCUT2D eigenvalue weighted by molar-refractivity contribution is -0.134. The van der Waals surface area contributed by atoms with Crippen molar-refractivity contribution in [1.29, 1.82) is 0 Å². The predicted molar refractivity (Wildman–Crippen MR) is 88.4 cm³/mol. The lowest BCUT2D eigenvalue weighted by Gasteiger charge is -2.32. The molecule has 0 aromatic rings. The number of fused-ring (bicyclic) bond motifs is 1. The third kappa shape index (κ3) is 4.18. The Balaban J connectivity index is 0.000000745. The van der Waals surface area contributed by atoms with Gasteiger partial charge in [0, 0.05) is 10.8 Å². The third-order valence-corrected chi connectivity index (χ3v) is 3.12. The van der Waals surface area contributed by atoms with Gasteiger partial charge in [0.25, 0.3) is 0 Å². The largest absolute Gasteiger partial charge is 0.432 e. The fourth-order valence-electron chi connectivity index (χ4n) is 1.87. The highest BCUT2D eigenvalue weighted by molar-refractivity contribution is 6.19. The molecule has 0 bridgehead atoms. The predicted octanol–water partition coefficient (Wildman–Crippen LogP) is 1.86. The van der Waals surface area contributed by atoms with Crippen molar-refractivity contribution < 1.29 is 19.6 Å². The Hall–Kier alpha value is -1.66. The molecule has 0 aliphatic heterocycles. The first-order valence-electron chi connectivity index (χ1n) is 7.19. The second-order valence-corrected chi connectivity index (χ2v) is 7.36. The Bertz CT molecular complexity index is 539. The first kappa shape index (κ1) is 18.4. The van der Waals surface area contributed by atoms with Gasteiger partial charge in [0.1, 0.15) is 0 Å². The smallest absolute Gasteiger partial charge is 0.430 e. The highest BCUT2D eigenvalue weighted by atomic mass is 16.4. The zero-order chi connectivity index (χ0) is 17.3. The molecule has 120 valence electrons. The van der Waals surface area contributed by atoms with E-state index in [0.717, 1.165) is 11.1 Å². The van der Waals surface area contributed by atoms with E-state index < -0.39 is 18.5 Å². The van der Waals surface area contributed by atoms with Crippen LogP contribution in [0.15, 0.2) is 18.2 Å². The summed E-state index contributed by atoms with van der Waals surface area (Å²) in [6, 6.07) is 5.84. The molecule has 2 N–H and O–H groups in total. The minimum absolute atomic E-state index is 0.155. The van der Waals surface area contributed by atoms with Crippen LogP contribution in [0.5, 0.6) is 0 Å². The van der Waals surface area contributed by atoms with E-state index in [2.05, 4.69) is 0 Å². The van der Waals surface area contributed by atoms with Gasteiger partial charge in [-0.25, -0.2) is 4.90 Å². The van der Waals surface area contributed by atoms with Crippen LogP contribution in [0, 0.1) is 10.8 Å². The summed E-state index contributed by atoms with van der Waals surface area (Å²) in [6.07, 6.45) is 0. The van der Waals surface area contributed by atoms with Gasteiger partial charge in [0.2, 0.25) is 11.8 Å². The van der Waals surface area contributed by atoms with Crippen LogP contribution in [0.4, 0.5) is 5.69 Å². The van der Waals surface area contributed by atoms with Gasteiger partial charge in [-0.05, 0) is 29.3 Å². The number of anilines is 1. The molecular weight excluding hydrogens is 281 g/mol. The molecule has 0 saturated heterocycles. The second-order valence-electron chi connectivity index (χ2n) is 7.36. The molecule has 2 amide bonds. The Morgan fingerprint density at radius 1 is 0.864 bits per heavy atom. The first-order chi connectivity index (χ1) is 9.93. The highest BCUT2D eigenvalue weighted by Crippen LogP contribution is 2.42. The molecule has 0 heterocycles. The van der Waals surface area contributed by atoms with Crippen LogP contribution in [0.1, 0.15) is 41.5 Å². The number of nitrogens with zero attached hydrogens (tertiary/aromatic N) is 1. The van der Waals surface area contributed by atoms with Gasteiger partial charge in [-0.2, -0.15) is 0 Å². The fraction of sp³-hybridized carbons (Fsp3) is 0.500. The maximum atomic E-state index is 12.6. The summed E-state index contributed by atoms with van der Waals surface area (Å²) in [6.45, 7) is 11.0. The molecule has 2 aliphatic rings. The Kier molecular flexibility index (Phi) is 5.20. The molecule has 22 heavy (non-hydrogen) atoms. The number of hydrogen-bond acceptors (Lipinski definition) is 4. The maximum absolute atomic E-state index is 12.6. The number of amides is 2. The summed E-state index contributed by atoms with van der Waals surface area (Å²) >= 11 is 0. The van der Waals surface area contributed by atoms with Crippen molar-refractivity contribution in [3.8, 4) is 11.1 Å². The molecule has 0 unspecified atom stereocenters. The molecule has 0 fully saturated rings. The number of rotatable bonds is 1. The summed E-state index contributed by atoms with van der Waals surface area (Å²) in [7, 11) is -0.750. The van der Waals surface area contributed by atoms with Gasteiger partial charge in [-0.1, -0.05) is 41.5 Å². The van der Waals surface area contributed by atoms with E-state index in [0.29, 0.717) is 5.69 Å². The van der Waals surface area contributed by atoms with Crippen molar-refractivity contribution in [3.63, 3.8) is 0 Å². The number of hydrogen-bond donors (Lipinski definition) is 2. The van der Waals surface area contributed by atoms with E-state index in [1.165, 1.54) is 4.90 Å². The molecule has 5 nitrogen and oxygen atoms in total. The molecule has 0 spiro atoms. The topological polar surface area (TPSA) is 77.8 Å². The summed E-state index contributed by atoms with van der Waals surface area (Å²) in [5.74, 6) is -0.310. The van der Waals surface area contributed by atoms with Gasteiger partial charge >= 0.3 is 7.69 Å². The lowest BCUT2D eigenvalue weighted by atomic mass is 9.90. The van der Waals surface area contributed by atoms with E-state index in [9.17, 15) is 9.59 Å². The van der Waals surface area contributed by atoms with Crippen LogP contribution >= 0.6 is 0 Å². The van der Waals surface area contributed by atoms with Gasteiger partial charge in [-0.15, -0.1) is 0 Å². The van der Waals surface area contributed by atoms with E-state index in [4.69, 9.17) is 10.0 Å². The Morgan fingerprint density at radius 3 is 1.45 bits per heavy atom. The Labute approximate surface area is 132 Å². The number of benzene rings is 1. The normalized spacial score (nSPS) is 12.0. The number of carbonyl (C=O) groups excluding carboxylic acids is 2. The molecular formula is C16H24BNO4. The van der Waals surface area contributed by atoms with Crippen molar-refractivity contribution >= 4 is 25.2 Å². The highest BCUT2D eigenvalue weighted by Gasteiger charge is 2.38. The monoisotopic (exact) mass is 305 g/mol. The van der Waals surface area contributed by atoms with Crippen LogP contribution in [0.2, 0.25) is 0 Å². The quantitative estimate of drug-likeness (QED) is 0.788. The second kappa shape index (κ2) is 6.22. The first-order valence-corrected chi connectivity index (χ1v) is 7.19. The zero-order valence-corrected chi connectivity index (χ0v) is 14.1. The molecule has 0 radical (unpaired) electrons. The summed E-state index contributed by atoms with van der Waals surface area (Å²) in [5, 5.41) is 14.2. The van der Waals surface area contributed by atoms with Gasteiger partial charge in [0.05, 0.1) is 5.69 Å². The minimum Gasteiger partial charge on any atom is -0.430 e. The van der Waals surface area contributed by atoms with Gasteiger partial charge < -0.3 is 10.0 Å². The van der Waals surface area contributed by atoms with Crippen molar-refractivity contribution in [1.82, 2.24) is 0 Å². The Morgan fingerprint density at radius 2 is 1.18 bits per heavy atom. The van der Waals surface area contributed by atoms with Crippen LogP contribution in [-0.2, 0) is 9.59 Å². The van der Waals surface area contributed by atoms with Crippen LogP contribution in [-0.4, -0.2) is 29.5 Å². The molecule has 2 rings (SSSR count). The fourth-order valence-corrected chi connectivity index (χ4v) is 1.87. The van der Waals surface area contributed by atoms with E-state index >= 15 is 0 Å². The minimum atomic E-state index is -0.750. The van der Waals surface area contributed by atoms with E-state index in [1.807, 2.05) is 59.7 Å². The van der Waals surface area contributed by atoms with Crippen molar-refractivity contribution in [2.75, 3.05) is 4.90 Å². The van der Waals surface area contributed by atoms with Crippen molar-refractivity contribution in [3.05, 3.63) is 18.2 Å². The molecule has 0 aromatic carbocycles. The lowest BCUT2D eigenvalue weighted by Crippen LogP contribution is -2.48. The standard InChI is InChI=1S/C16H21NO2.BH3O2/c1-15(2,3)13(18)17(14(19)16(4,5)6)12-8-10-7-11(10)9-12;2-1-3/h7-9H,1-6H3;1-3H. The summed E-state index contributed by atoms with van der Waals surface area (Å²) in [4.78, 5) is 26.5. The molecule has 0 aromatic heterocycles. The number of carbonyl (C=O) groups is 2. The molecule has 6 heteroatoms. The molecule has 0 saturated carbocycles. The average Bonchev–Trinajstić information content (AvgIpc) is 2.95. The average molecular weight is 305 g/mol. The summed E-state index contributed by atoms with van der Waals surface area (Å²) < 4.78 is 0. The van der Waals surface area contributed by atoms with Crippen LogP contribution < -0.4 is 4.90 Å². The zero-order valence-electron chi connectivity index (χ0n) is 14.1. The third-order valence-electron chi connectivity index (χ3n) is 3.12. The summed E-state index contributed by atoms with van der Waals surface area (Å²) in [5.41, 5.74) is 1.79. The van der Waals surface area contributed by atoms with E-state index in [1.54, 1.807) is 0 Å². The number of imide groups is 1. The van der Waals surface area contributed by atoms with Crippen molar-refractivity contribution in [2.24, 2.45) is 10.8 Å². The van der Waals surface area contributed by atoms with Gasteiger partial charge in [-0.3, -0.25) is 9.59 Å².